The molecule has 0 fully saturated rings. The Kier molecular flexibility index (Phi) is 7.06. The summed E-state index contributed by atoms with van der Waals surface area (Å²) < 4.78 is 1.61. The Morgan fingerprint density at radius 1 is 1.17 bits per heavy atom. The molecule has 0 amide bonds. The minimum Gasteiger partial charge on any atom is -0.396 e. The molecule has 2 aromatic rings. The van der Waals surface area contributed by atoms with Crippen LogP contribution in [0.2, 0.25) is 0 Å². The van der Waals surface area contributed by atoms with Crippen LogP contribution in [-0.4, -0.2) is 33.0 Å². The lowest BCUT2D eigenvalue weighted by molar-refractivity contribution is 0.228. The second kappa shape index (κ2) is 9.37. The van der Waals surface area contributed by atoms with Gasteiger partial charge in [-0.25, -0.2) is 4.79 Å². The fraction of sp³-hybridized carbons (Fsp3) is 0.478. The highest BCUT2D eigenvalue weighted by Crippen LogP contribution is 2.36. The molecule has 6 nitrogen and oxygen atoms in total. The fourth-order valence-electron chi connectivity index (χ4n) is 4.22. The van der Waals surface area contributed by atoms with Crippen molar-refractivity contribution in [3.63, 3.8) is 0 Å². The van der Waals surface area contributed by atoms with Gasteiger partial charge in [-0.3, -0.25) is 14.3 Å². The Bertz CT molecular complexity index is 1060. The van der Waals surface area contributed by atoms with Crippen LogP contribution in [-0.2, 0) is 6.54 Å². The van der Waals surface area contributed by atoms with Gasteiger partial charge in [0.25, 0.3) is 5.56 Å². The molecule has 0 radical (unpaired) electrons. The molecule has 1 atom stereocenters. The number of aliphatic hydroxyl groups excluding tert-OH is 2. The second-order valence-corrected chi connectivity index (χ2v) is 9.41. The SMILES string of the molecule is Cc1cc(C)cc(Sc2c(C(C)C)c(=O)[nH]c(=O)n2CC2=C(CO)C(CO)CC2)c1. The molecule has 1 aromatic heterocycles. The smallest absolute Gasteiger partial charge is 0.329 e. The highest BCUT2D eigenvalue weighted by Gasteiger charge is 2.26. The van der Waals surface area contributed by atoms with Gasteiger partial charge >= 0.3 is 5.69 Å². The molecule has 0 bridgehead atoms. The van der Waals surface area contributed by atoms with Crippen molar-refractivity contribution in [3.8, 4) is 0 Å². The minimum absolute atomic E-state index is 0.0126. The third-order valence-corrected chi connectivity index (χ3v) is 6.76. The zero-order valence-corrected chi connectivity index (χ0v) is 18.8. The van der Waals surface area contributed by atoms with Crippen molar-refractivity contribution < 1.29 is 10.2 Å². The standard InChI is InChI=1S/C23H30N2O4S/c1-13(2)20-21(28)24-23(29)25(10-16-5-6-17(11-26)19(16)12-27)22(20)30-18-8-14(3)7-15(4)9-18/h7-9,13,17,26-27H,5-6,10-12H2,1-4H3,(H,24,28,29). The molecular weight excluding hydrogens is 400 g/mol. The number of nitrogens with one attached hydrogen (secondary N) is 1. The van der Waals surface area contributed by atoms with Crippen LogP contribution in [0.3, 0.4) is 0 Å². The lowest BCUT2D eigenvalue weighted by Gasteiger charge is -2.19. The van der Waals surface area contributed by atoms with E-state index in [1.165, 1.54) is 11.8 Å². The molecule has 1 aromatic carbocycles. The Hall–Kier alpha value is -2.09. The van der Waals surface area contributed by atoms with Gasteiger partial charge in [-0.2, -0.15) is 0 Å². The van der Waals surface area contributed by atoms with Crippen molar-refractivity contribution in [3.05, 3.63) is 66.9 Å². The number of allylic oxidation sites excluding steroid dienone is 1. The average Bonchev–Trinajstić information content (AvgIpc) is 3.05. The molecular formula is C23H30N2O4S. The molecule has 3 rings (SSSR count). The van der Waals surface area contributed by atoms with Crippen LogP contribution in [0.25, 0.3) is 0 Å². The van der Waals surface area contributed by atoms with Crippen molar-refractivity contribution in [2.75, 3.05) is 13.2 Å². The van der Waals surface area contributed by atoms with E-state index in [-0.39, 0.29) is 30.6 Å². The summed E-state index contributed by atoms with van der Waals surface area (Å²) in [5.41, 5.74) is 3.79. The maximum atomic E-state index is 12.9. The number of aliphatic hydroxyl groups is 2. The summed E-state index contributed by atoms with van der Waals surface area (Å²) in [4.78, 5) is 29.0. The van der Waals surface area contributed by atoms with Crippen LogP contribution in [0.5, 0.6) is 0 Å². The Morgan fingerprint density at radius 3 is 2.40 bits per heavy atom. The molecule has 0 saturated carbocycles. The number of hydrogen-bond acceptors (Lipinski definition) is 5. The van der Waals surface area contributed by atoms with Gasteiger partial charge in [0.2, 0.25) is 0 Å². The fourth-order valence-corrected chi connectivity index (χ4v) is 5.63. The predicted molar refractivity (Wildman–Crippen MR) is 119 cm³/mol. The monoisotopic (exact) mass is 430 g/mol. The van der Waals surface area contributed by atoms with Crippen LogP contribution < -0.4 is 11.2 Å². The number of aromatic amines is 1. The second-order valence-electron chi connectivity index (χ2n) is 8.35. The largest absolute Gasteiger partial charge is 0.396 e. The number of benzene rings is 1. The molecule has 3 N–H and O–H groups in total. The molecule has 0 aliphatic heterocycles. The molecule has 1 aliphatic carbocycles. The molecule has 30 heavy (non-hydrogen) atoms. The van der Waals surface area contributed by atoms with E-state index in [1.807, 2.05) is 39.8 Å². The summed E-state index contributed by atoms with van der Waals surface area (Å²) in [5.74, 6) is -0.127. The molecule has 0 spiro atoms. The maximum Gasteiger partial charge on any atom is 0.329 e. The van der Waals surface area contributed by atoms with Gasteiger partial charge in [0.05, 0.1) is 17.2 Å². The normalized spacial score (nSPS) is 16.7. The van der Waals surface area contributed by atoms with Crippen LogP contribution in [0, 0.1) is 19.8 Å². The molecule has 1 unspecified atom stereocenters. The van der Waals surface area contributed by atoms with E-state index >= 15 is 0 Å². The van der Waals surface area contributed by atoms with Crippen LogP contribution in [0.1, 0.15) is 49.3 Å². The van der Waals surface area contributed by atoms with Crippen molar-refractivity contribution >= 4 is 11.8 Å². The summed E-state index contributed by atoms with van der Waals surface area (Å²) in [6.45, 7) is 8.10. The molecule has 7 heteroatoms. The zero-order valence-electron chi connectivity index (χ0n) is 18.0. The van der Waals surface area contributed by atoms with E-state index < -0.39 is 5.69 Å². The number of H-pyrrole nitrogens is 1. The number of rotatable bonds is 7. The van der Waals surface area contributed by atoms with Crippen LogP contribution >= 0.6 is 11.8 Å². The van der Waals surface area contributed by atoms with Crippen LogP contribution in [0.4, 0.5) is 0 Å². The van der Waals surface area contributed by atoms with Gasteiger partial charge in [-0.15, -0.1) is 0 Å². The van der Waals surface area contributed by atoms with Gasteiger partial charge in [-0.1, -0.05) is 31.7 Å². The lowest BCUT2D eigenvalue weighted by atomic mass is 10.0. The zero-order chi connectivity index (χ0) is 22.0. The summed E-state index contributed by atoms with van der Waals surface area (Å²) in [5, 5.41) is 20.1. The third kappa shape index (κ3) is 4.63. The Morgan fingerprint density at radius 2 is 1.83 bits per heavy atom. The topological polar surface area (TPSA) is 95.3 Å². The van der Waals surface area contributed by atoms with Gasteiger partial charge in [0.1, 0.15) is 0 Å². The van der Waals surface area contributed by atoms with Gasteiger partial charge in [-0.05, 0) is 67.0 Å². The van der Waals surface area contributed by atoms with E-state index in [4.69, 9.17) is 0 Å². The summed E-state index contributed by atoms with van der Waals surface area (Å²) >= 11 is 1.43. The average molecular weight is 431 g/mol. The summed E-state index contributed by atoms with van der Waals surface area (Å²) in [6, 6.07) is 6.19. The Balaban J connectivity index is 2.16. The van der Waals surface area contributed by atoms with E-state index in [1.54, 1.807) is 4.57 Å². The Labute approximate surface area is 180 Å². The number of aromatic nitrogens is 2. The minimum atomic E-state index is -0.450. The lowest BCUT2D eigenvalue weighted by Crippen LogP contribution is -2.35. The molecule has 0 saturated heterocycles. The van der Waals surface area contributed by atoms with Crippen molar-refractivity contribution in [2.45, 2.75) is 62.9 Å². The van der Waals surface area contributed by atoms with E-state index in [9.17, 15) is 19.8 Å². The van der Waals surface area contributed by atoms with E-state index in [0.717, 1.165) is 40.0 Å². The first-order valence-electron chi connectivity index (χ1n) is 10.3. The molecule has 1 heterocycles. The highest BCUT2D eigenvalue weighted by molar-refractivity contribution is 7.99. The quantitative estimate of drug-likeness (QED) is 0.463. The first-order valence-corrected chi connectivity index (χ1v) is 11.1. The first kappa shape index (κ1) is 22.6. The third-order valence-electron chi connectivity index (χ3n) is 5.65. The number of aryl methyl sites for hydroxylation is 2. The summed E-state index contributed by atoms with van der Waals surface area (Å²) in [6.07, 6.45) is 1.48. The first-order chi connectivity index (χ1) is 14.2. The van der Waals surface area contributed by atoms with Crippen molar-refractivity contribution in [2.24, 2.45) is 5.92 Å². The van der Waals surface area contributed by atoms with Crippen molar-refractivity contribution in [1.82, 2.24) is 9.55 Å². The predicted octanol–water partition coefficient (Wildman–Crippen LogP) is 3.12. The van der Waals surface area contributed by atoms with Crippen LogP contribution in [0.15, 0.2) is 48.9 Å². The highest BCUT2D eigenvalue weighted by atomic mass is 32.2. The number of nitrogens with zero attached hydrogens (tertiary/aromatic N) is 1. The molecule has 162 valence electrons. The summed E-state index contributed by atoms with van der Waals surface area (Å²) in [7, 11) is 0. The van der Waals surface area contributed by atoms with E-state index in [2.05, 4.69) is 11.1 Å². The van der Waals surface area contributed by atoms with Crippen molar-refractivity contribution in [1.29, 1.82) is 0 Å². The van der Waals surface area contributed by atoms with Gasteiger partial charge < -0.3 is 10.2 Å². The molecule has 1 aliphatic rings. The van der Waals surface area contributed by atoms with Gasteiger partial charge in [0.15, 0.2) is 0 Å². The maximum absolute atomic E-state index is 12.9. The van der Waals surface area contributed by atoms with E-state index in [0.29, 0.717) is 17.1 Å². The number of hydrogen-bond donors (Lipinski definition) is 3. The van der Waals surface area contributed by atoms with Gasteiger partial charge in [0, 0.05) is 24.0 Å².